The first-order chi connectivity index (χ1) is 15.6. The Kier molecular flexibility index (Phi) is 5.55. The quantitative estimate of drug-likeness (QED) is 0.495. The van der Waals surface area contributed by atoms with E-state index in [-0.39, 0.29) is 11.8 Å². The third-order valence-corrected chi connectivity index (χ3v) is 7.70. The molecule has 4 heterocycles. The van der Waals surface area contributed by atoms with Gasteiger partial charge < -0.3 is 14.8 Å². The van der Waals surface area contributed by atoms with Crippen molar-refractivity contribution < 1.29 is 4.79 Å². The Morgan fingerprint density at radius 2 is 1.97 bits per heavy atom. The molecule has 0 aliphatic carbocycles. The number of carbonyl (C=O) groups is 1. The van der Waals surface area contributed by atoms with E-state index in [1.54, 1.807) is 17.7 Å². The first-order valence-electron chi connectivity index (χ1n) is 11.2. The molecule has 0 bridgehead atoms. The van der Waals surface area contributed by atoms with Crippen LogP contribution in [0.4, 0.5) is 5.82 Å². The van der Waals surface area contributed by atoms with Crippen LogP contribution in [0.15, 0.2) is 30.6 Å². The zero-order valence-electron chi connectivity index (χ0n) is 18.8. The molecule has 7 nitrogen and oxygen atoms in total. The van der Waals surface area contributed by atoms with E-state index < -0.39 is 0 Å². The normalized spacial score (nSPS) is 15.0. The maximum atomic E-state index is 12.9. The summed E-state index contributed by atoms with van der Waals surface area (Å²) in [5.74, 6) is 2.06. The number of anilines is 1. The lowest BCUT2D eigenvalue weighted by Crippen LogP contribution is -2.41. The van der Waals surface area contributed by atoms with Crippen molar-refractivity contribution in [3.63, 3.8) is 0 Å². The topological polar surface area (TPSA) is 75.9 Å². The molecule has 32 heavy (non-hydrogen) atoms. The van der Waals surface area contributed by atoms with E-state index in [1.165, 1.54) is 10.4 Å². The molecular formula is C24H28N6OS. The number of fused-ring (bicyclic) bond motifs is 2. The van der Waals surface area contributed by atoms with Gasteiger partial charge in [-0.05, 0) is 51.3 Å². The number of aromatic nitrogens is 4. The minimum absolute atomic E-state index is 0.0216. The summed E-state index contributed by atoms with van der Waals surface area (Å²) in [5.41, 5.74) is 3.35. The van der Waals surface area contributed by atoms with Gasteiger partial charge in [0.1, 0.15) is 22.8 Å². The van der Waals surface area contributed by atoms with E-state index in [2.05, 4.69) is 51.6 Å². The minimum Gasteiger partial charge on any atom is -0.356 e. The van der Waals surface area contributed by atoms with Crippen molar-refractivity contribution in [3.8, 4) is 0 Å². The fourth-order valence-corrected chi connectivity index (χ4v) is 5.67. The molecule has 0 atom stereocenters. The van der Waals surface area contributed by atoms with Crippen molar-refractivity contribution in [2.24, 2.45) is 5.92 Å². The molecule has 1 aromatic carbocycles. The molecule has 3 aromatic heterocycles. The number of amides is 1. The summed E-state index contributed by atoms with van der Waals surface area (Å²) >= 11 is 1.72. The molecule has 1 fully saturated rings. The molecule has 0 unspecified atom stereocenters. The summed E-state index contributed by atoms with van der Waals surface area (Å²) in [4.78, 5) is 31.3. The van der Waals surface area contributed by atoms with Gasteiger partial charge in [0.25, 0.3) is 0 Å². The van der Waals surface area contributed by atoms with Crippen molar-refractivity contribution in [2.75, 3.05) is 18.0 Å². The van der Waals surface area contributed by atoms with E-state index in [0.29, 0.717) is 6.54 Å². The highest BCUT2D eigenvalue weighted by molar-refractivity contribution is 7.18. The largest absolute Gasteiger partial charge is 0.356 e. The number of benzene rings is 1. The van der Waals surface area contributed by atoms with Gasteiger partial charge in [-0.15, -0.1) is 11.3 Å². The SMILES string of the molecule is CCn1c(CNC(=O)C2CCN(c3ncnc4sc(C)c(C)c34)CC2)nc2ccccc21. The summed E-state index contributed by atoms with van der Waals surface area (Å²) in [6.45, 7) is 9.33. The van der Waals surface area contributed by atoms with Crippen molar-refractivity contribution in [1.82, 2.24) is 24.8 Å². The number of nitrogens with zero attached hydrogens (tertiary/aromatic N) is 5. The van der Waals surface area contributed by atoms with Crippen LogP contribution < -0.4 is 10.2 Å². The molecule has 1 N–H and O–H groups in total. The van der Waals surface area contributed by atoms with Crippen molar-refractivity contribution >= 4 is 44.3 Å². The number of imidazole rings is 1. The second-order valence-corrected chi connectivity index (χ2v) is 9.60. The Morgan fingerprint density at radius 3 is 2.75 bits per heavy atom. The number of aryl methyl sites for hydroxylation is 3. The maximum Gasteiger partial charge on any atom is 0.223 e. The number of carbonyl (C=O) groups excluding carboxylic acids is 1. The van der Waals surface area contributed by atoms with Gasteiger partial charge in [-0.2, -0.15) is 0 Å². The third-order valence-electron chi connectivity index (χ3n) is 6.58. The lowest BCUT2D eigenvalue weighted by Gasteiger charge is -2.32. The lowest BCUT2D eigenvalue weighted by molar-refractivity contribution is -0.125. The van der Waals surface area contributed by atoms with Gasteiger partial charge in [0.2, 0.25) is 5.91 Å². The molecule has 1 aliphatic rings. The molecule has 1 saturated heterocycles. The van der Waals surface area contributed by atoms with Crippen LogP contribution in [0.25, 0.3) is 21.3 Å². The number of rotatable bonds is 5. The maximum absolute atomic E-state index is 12.9. The van der Waals surface area contributed by atoms with Crippen molar-refractivity contribution in [3.05, 3.63) is 46.9 Å². The molecule has 1 amide bonds. The monoisotopic (exact) mass is 448 g/mol. The van der Waals surface area contributed by atoms with Crippen molar-refractivity contribution in [2.45, 2.75) is 46.7 Å². The number of piperidine rings is 1. The molecule has 1 aliphatic heterocycles. The van der Waals surface area contributed by atoms with Gasteiger partial charge >= 0.3 is 0 Å². The molecule has 0 spiro atoms. The van der Waals surface area contributed by atoms with E-state index >= 15 is 0 Å². The fraction of sp³-hybridized carbons (Fsp3) is 0.417. The van der Waals surface area contributed by atoms with E-state index in [4.69, 9.17) is 4.98 Å². The summed E-state index contributed by atoms with van der Waals surface area (Å²) < 4.78 is 2.17. The summed E-state index contributed by atoms with van der Waals surface area (Å²) in [7, 11) is 0. The first-order valence-corrected chi connectivity index (χ1v) is 12.1. The van der Waals surface area contributed by atoms with Crippen LogP contribution in [0, 0.1) is 19.8 Å². The predicted octanol–water partition coefficient (Wildman–Crippen LogP) is 4.21. The molecule has 4 aromatic rings. The molecule has 166 valence electrons. The van der Waals surface area contributed by atoms with Crippen LogP contribution in [0.2, 0.25) is 0 Å². The summed E-state index contributed by atoms with van der Waals surface area (Å²) in [5, 5.41) is 4.30. The van der Waals surface area contributed by atoms with E-state index in [0.717, 1.165) is 65.4 Å². The van der Waals surface area contributed by atoms with Gasteiger partial charge in [-0.3, -0.25) is 4.79 Å². The molecule has 0 radical (unpaired) electrons. The second-order valence-electron chi connectivity index (χ2n) is 8.40. The van der Waals surface area contributed by atoms with Gasteiger partial charge in [-0.1, -0.05) is 12.1 Å². The average Bonchev–Trinajstić information content (AvgIpc) is 3.33. The molecule has 8 heteroatoms. The van der Waals surface area contributed by atoms with E-state index in [9.17, 15) is 4.79 Å². The summed E-state index contributed by atoms with van der Waals surface area (Å²) in [6, 6.07) is 8.11. The number of nitrogens with one attached hydrogen (secondary N) is 1. The Balaban J connectivity index is 1.24. The fourth-order valence-electron chi connectivity index (χ4n) is 4.68. The number of hydrogen-bond acceptors (Lipinski definition) is 6. The number of para-hydroxylation sites is 2. The minimum atomic E-state index is 0.0216. The van der Waals surface area contributed by atoms with Crippen LogP contribution >= 0.6 is 11.3 Å². The molecule has 5 rings (SSSR count). The van der Waals surface area contributed by atoms with Gasteiger partial charge in [-0.25, -0.2) is 15.0 Å². The highest BCUT2D eigenvalue weighted by atomic mass is 32.1. The highest BCUT2D eigenvalue weighted by Crippen LogP contribution is 2.35. The van der Waals surface area contributed by atoms with Gasteiger partial charge in [0.05, 0.1) is 23.0 Å². The number of thiophene rings is 1. The standard InChI is InChI=1S/C24H28N6OS/c1-4-30-19-8-6-5-7-18(19)28-20(30)13-25-23(31)17-9-11-29(12-10-17)22-21-15(2)16(3)32-24(21)27-14-26-22/h5-8,14,17H,4,9-13H2,1-3H3,(H,25,31). The molecule has 0 saturated carbocycles. The first kappa shape index (κ1) is 20.9. The van der Waals surface area contributed by atoms with E-state index in [1.807, 2.05) is 18.2 Å². The lowest BCUT2D eigenvalue weighted by atomic mass is 9.95. The molecular weight excluding hydrogens is 420 g/mol. The predicted molar refractivity (Wildman–Crippen MR) is 129 cm³/mol. The second kappa shape index (κ2) is 8.50. The van der Waals surface area contributed by atoms with Crippen LogP contribution in [0.1, 0.15) is 36.0 Å². The Labute approximate surface area is 191 Å². The number of hydrogen-bond donors (Lipinski definition) is 1. The van der Waals surface area contributed by atoms with Crippen LogP contribution in [-0.4, -0.2) is 38.5 Å². The highest BCUT2D eigenvalue weighted by Gasteiger charge is 2.27. The zero-order chi connectivity index (χ0) is 22.2. The average molecular weight is 449 g/mol. The Hall–Kier alpha value is -3.00. The zero-order valence-corrected chi connectivity index (χ0v) is 19.6. The van der Waals surface area contributed by atoms with Gasteiger partial charge in [0, 0.05) is 30.4 Å². The van der Waals surface area contributed by atoms with Crippen LogP contribution in [-0.2, 0) is 17.9 Å². The smallest absolute Gasteiger partial charge is 0.223 e. The van der Waals surface area contributed by atoms with Crippen molar-refractivity contribution in [1.29, 1.82) is 0 Å². The van der Waals surface area contributed by atoms with Gasteiger partial charge in [0.15, 0.2) is 0 Å². The Morgan fingerprint density at radius 1 is 1.19 bits per heavy atom. The third kappa shape index (κ3) is 3.62. The van der Waals surface area contributed by atoms with Crippen LogP contribution in [0.3, 0.4) is 0 Å². The van der Waals surface area contributed by atoms with Crippen LogP contribution in [0.5, 0.6) is 0 Å². The summed E-state index contributed by atoms with van der Waals surface area (Å²) in [6.07, 6.45) is 3.30. The Bertz CT molecular complexity index is 1280.